The molecule has 4 atom stereocenters. The lowest BCUT2D eigenvalue weighted by Crippen LogP contribution is -2.52. The van der Waals surface area contributed by atoms with E-state index in [1.165, 1.54) is 19.3 Å². The van der Waals surface area contributed by atoms with Crippen LogP contribution in [0.2, 0.25) is 0 Å². The Labute approximate surface area is 242 Å². The molecule has 4 saturated carbocycles. The van der Waals surface area contributed by atoms with E-state index in [4.69, 9.17) is 0 Å². The molecule has 0 aromatic heterocycles. The maximum atomic E-state index is 13.8. The summed E-state index contributed by atoms with van der Waals surface area (Å²) >= 11 is 0. The van der Waals surface area contributed by atoms with E-state index in [2.05, 4.69) is 5.32 Å². The summed E-state index contributed by atoms with van der Waals surface area (Å²) in [7, 11) is 0. The number of nitrogens with one attached hydrogen (secondary N) is 1. The molecule has 4 rings (SSSR count). The maximum Gasteiger partial charge on any atom is 0.223 e. The van der Waals surface area contributed by atoms with Gasteiger partial charge in [-0.1, -0.05) is 78.1 Å². The second kappa shape index (κ2) is 14.8. The van der Waals surface area contributed by atoms with Crippen LogP contribution in [0.3, 0.4) is 0 Å². The largest absolute Gasteiger partial charge is 0.390 e. The summed E-state index contributed by atoms with van der Waals surface area (Å²) in [6.07, 6.45) is 15.0. The Morgan fingerprint density at radius 1 is 0.850 bits per heavy atom. The summed E-state index contributed by atoms with van der Waals surface area (Å²) in [4.78, 5) is 29.5. The zero-order valence-corrected chi connectivity index (χ0v) is 25.4. The molecule has 7 heteroatoms. The summed E-state index contributed by atoms with van der Waals surface area (Å²) in [5, 5.41) is 36.4. The minimum absolute atomic E-state index is 0.0177. The molecular weight excluding hydrogens is 504 g/mol. The van der Waals surface area contributed by atoms with Crippen molar-refractivity contribution in [3.05, 3.63) is 0 Å². The van der Waals surface area contributed by atoms with Gasteiger partial charge in [0.05, 0.1) is 17.7 Å². The van der Waals surface area contributed by atoms with Crippen LogP contribution in [0.15, 0.2) is 0 Å². The number of carbonyl (C=O) groups excluding carboxylic acids is 2. The minimum atomic E-state index is -1.02. The zero-order chi connectivity index (χ0) is 28.7. The monoisotopic (exact) mass is 562 g/mol. The van der Waals surface area contributed by atoms with Crippen LogP contribution in [-0.4, -0.2) is 69.0 Å². The van der Waals surface area contributed by atoms with E-state index in [1.807, 2.05) is 18.7 Å². The summed E-state index contributed by atoms with van der Waals surface area (Å²) in [6, 6.07) is -0.508. The molecule has 0 radical (unpaired) electrons. The molecule has 0 spiro atoms. The molecule has 4 N–H and O–H groups in total. The molecule has 7 nitrogen and oxygen atoms in total. The van der Waals surface area contributed by atoms with Crippen LogP contribution in [0, 0.1) is 29.6 Å². The summed E-state index contributed by atoms with van der Waals surface area (Å²) in [5.41, 5.74) is -0.807. The van der Waals surface area contributed by atoms with Gasteiger partial charge in [-0.05, 0) is 68.6 Å². The number of nitrogens with zero attached hydrogens (tertiary/aromatic N) is 1. The average Bonchev–Trinajstić information content (AvgIpc) is 3.84. The molecule has 4 aliphatic rings. The third kappa shape index (κ3) is 10.3. The van der Waals surface area contributed by atoms with Gasteiger partial charge in [-0.3, -0.25) is 9.59 Å². The fourth-order valence-electron chi connectivity index (χ4n) is 7.23. The van der Waals surface area contributed by atoms with Gasteiger partial charge in [-0.25, -0.2) is 0 Å². The fraction of sp³-hybridized carbons (Fsp3) is 0.939. The molecule has 2 amide bonds. The quantitative estimate of drug-likeness (QED) is 0.213. The van der Waals surface area contributed by atoms with E-state index in [9.17, 15) is 24.9 Å². The molecule has 0 aliphatic heterocycles. The number of rotatable bonds is 16. The molecule has 40 heavy (non-hydrogen) atoms. The van der Waals surface area contributed by atoms with Gasteiger partial charge in [0.25, 0.3) is 0 Å². The Hall–Kier alpha value is -1.18. The van der Waals surface area contributed by atoms with Crippen molar-refractivity contribution in [2.45, 2.75) is 153 Å². The number of aliphatic hydroxyl groups is 3. The highest BCUT2D eigenvalue weighted by molar-refractivity contribution is 5.86. The highest BCUT2D eigenvalue weighted by atomic mass is 16.3. The third-order valence-corrected chi connectivity index (χ3v) is 10.1. The Morgan fingerprint density at radius 3 is 2.05 bits per heavy atom. The molecule has 4 aliphatic carbocycles. The van der Waals surface area contributed by atoms with Gasteiger partial charge in [0.1, 0.15) is 6.10 Å². The topological polar surface area (TPSA) is 110 Å². The summed E-state index contributed by atoms with van der Waals surface area (Å²) in [6.45, 7) is 5.12. The maximum absolute atomic E-state index is 13.8. The van der Waals surface area contributed by atoms with Crippen molar-refractivity contribution in [2.24, 2.45) is 29.6 Å². The molecule has 4 fully saturated rings. The van der Waals surface area contributed by atoms with Gasteiger partial charge in [0.15, 0.2) is 0 Å². The van der Waals surface area contributed by atoms with Crippen molar-refractivity contribution in [2.75, 3.05) is 13.1 Å². The summed E-state index contributed by atoms with van der Waals surface area (Å²) in [5.74, 6) is 1.07. The molecule has 0 saturated heterocycles. The van der Waals surface area contributed by atoms with Crippen LogP contribution in [0.4, 0.5) is 0 Å². The Bertz CT molecular complexity index is 799. The van der Waals surface area contributed by atoms with Crippen LogP contribution in [-0.2, 0) is 9.59 Å². The molecule has 0 unspecified atom stereocenters. The van der Waals surface area contributed by atoms with E-state index >= 15 is 0 Å². The summed E-state index contributed by atoms with van der Waals surface area (Å²) < 4.78 is 0. The Balaban J connectivity index is 1.43. The van der Waals surface area contributed by atoms with E-state index < -0.39 is 29.8 Å². The second-order valence-corrected chi connectivity index (χ2v) is 14.6. The van der Waals surface area contributed by atoms with Crippen molar-refractivity contribution < 1.29 is 24.9 Å². The zero-order valence-electron chi connectivity index (χ0n) is 25.4. The van der Waals surface area contributed by atoms with Crippen LogP contribution in [0.5, 0.6) is 0 Å². The van der Waals surface area contributed by atoms with Gasteiger partial charge in [-0.2, -0.15) is 0 Å². The lowest BCUT2D eigenvalue weighted by atomic mass is 9.82. The number of hydrogen-bond acceptors (Lipinski definition) is 5. The van der Waals surface area contributed by atoms with E-state index in [1.54, 1.807) is 0 Å². The first kappa shape index (κ1) is 31.7. The molecule has 0 bridgehead atoms. The van der Waals surface area contributed by atoms with Gasteiger partial charge >= 0.3 is 0 Å². The first-order chi connectivity index (χ1) is 19.1. The Morgan fingerprint density at radius 2 is 1.45 bits per heavy atom. The number of carbonyl (C=O) groups is 2. The molecule has 0 aromatic carbocycles. The second-order valence-electron chi connectivity index (χ2n) is 14.6. The molecule has 0 aromatic rings. The van der Waals surface area contributed by atoms with Crippen molar-refractivity contribution in [1.82, 2.24) is 10.2 Å². The van der Waals surface area contributed by atoms with Gasteiger partial charge in [0, 0.05) is 25.4 Å². The van der Waals surface area contributed by atoms with Crippen LogP contribution in [0.25, 0.3) is 0 Å². The van der Waals surface area contributed by atoms with E-state index in [0.717, 1.165) is 70.6 Å². The van der Waals surface area contributed by atoms with Gasteiger partial charge in [0.2, 0.25) is 11.8 Å². The third-order valence-electron chi connectivity index (χ3n) is 10.1. The SMILES string of the molecule is CC(C)C[C@H](O)[C@H](O)[C@H](CC1CCCCC1)NC(=O)[C@@H](CC(=O)N(CC1CC1)CC1(O)CCCCC1)CC1CC1. The lowest BCUT2D eigenvalue weighted by molar-refractivity contribution is -0.141. The number of aliphatic hydroxyl groups excluding tert-OH is 2. The molecule has 230 valence electrons. The van der Waals surface area contributed by atoms with Crippen LogP contribution >= 0.6 is 0 Å². The number of amides is 2. The van der Waals surface area contributed by atoms with Crippen LogP contribution < -0.4 is 5.32 Å². The molecular formula is C33H58N2O5. The highest BCUT2D eigenvalue weighted by Crippen LogP contribution is 2.38. The smallest absolute Gasteiger partial charge is 0.223 e. The van der Waals surface area contributed by atoms with Crippen molar-refractivity contribution in [3.63, 3.8) is 0 Å². The van der Waals surface area contributed by atoms with Gasteiger partial charge < -0.3 is 25.5 Å². The Kier molecular flexibility index (Phi) is 11.8. The predicted molar refractivity (Wildman–Crippen MR) is 157 cm³/mol. The van der Waals surface area contributed by atoms with Crippen molar-refractivity contribution >= 4 is 11.8 Å². The van der Waals surface area contributed by atoms with E-state index in [-0.39, 0.29) is 24.2 Å². The average molecular weight is 563 g/mol. The van der Waals surface area contributed by atoms with Crippen molar-refractivity contribution in [1.29, 1.82) is 0 Å². The first-order valence-corrected chi connectivity index (χ1v) is 16.8. The van der Waals surface area contributed by atoms with Crippen molar-refractivity contribution in [3.8, 4) is 0 Å². The molecule has 0 heterocycles. The standard InChI is InChI=1S/C33H58N2O5/c1-23(2)17-29(36)31(38)28(19-24-9-5-3-6-10-24)34-32(39)27(18-25-11-12-25)20-30(37)35(21-26-13-14-26)22-33(40)15-7-4-8-16-33/h23-29,31,36,38,40H,3-22H2,1-2H3,(H,34,39)/t27-,28+,29+,31-/m1/s1. The normalized spacial score (nSPS) is 24.8. The minimum Gasteiger partial charge on any atom is -0.390 e. The van der Waals surface area contributed by atoms with Gasteiger partial charge in [-0.15, -0.1) is 0 Å². The highest BCUT2D eigenvalue weighted by Gasteiger charge is 2.39. The first-order valence-electron chi connectivity index (χ1n) is 16.8. The number of hydrogen-bond donors (Lipinski definition) is 4. The predicted octanol–water partition coefficient (Wildman–Crippen LogP) is 4.95. The van der Waals surface area contributed by atoms with E-state index in [0.29, 0.717) is 50.1 Å². The fourth-order valence-corrected chi connectivity index (χ4v) is 7.23. The van der Waals surface area contributed by atoms with Crippen LogP contribution in [0.1, 0.15) is 129 Å². The lowest BCUT2D eigenvalue weighted by Gasteiger charge is -2.38.